The molecule has 158 valence electrons. The van der Waals surface area contributed by atoms with E-state index in [2.05, 4.69) is 15.6 Å². The van der Waals surface area contributed by atoms with Gasteiger partial charge in [-0.3, -0.25) is 4.79 Å². The van der Waals surface area contributed by atoms with Gasteiger partial charge in [0.05, 0.1) is 5.57 Å². The number of anilines is 2. The van der Waals surface area contributed by atoms with Crippen molar-refractivity contribution < 1.29 is 13.6 Å². The summed E-state index contributed by atoms with van der Waals surface area (Å²) >= 11 is 5.51. The zero-order valence-electron chi connectivity index (χ0n) is 16.4. The summed E-state index contributed by atoms with van der Waals surface area (Å²) in [5.41, 5.74) is 7.87. The minimum Gasteiger partial charge on any atom is -0.384 e. The van der Waals surface area contributed by atoms with Crippen LogP contribution in [0.3, 0.4) is 0 Å². The number of benzene rings is 1. The molecule has 3 rings (SSSR count). The van der Waals surface area contributed by atoms with E-state index in [9.17, 15) is 13.6 Å². The Morgan fingerprint density at radius 3 is 2.73 bits per heavy atom. The van der Waals surface area contributed by atoms with Crippen LogP contribution in [0.2, 0.25) is 0 Å². The summed E-state index contributed by atoms with van der Waals surface area (Å²) < 4.78 is 26.6. The van der Waals surface area contributed by atoms with Crippen LogP contribution in [-0.4, -0.2) is 40.8 Å². The van der Waals surface area contributed by atoms with Crippen LogP contribution in [0.15, 0.2) is 59.9 Å². The first-order chi connectivity index (χ1) is 14.3. The molecule has 6 nitrogen and oxygen atoms in total. The normalized spacial score (nSPS) is 16.7. The third kappa shape index (κ3) is 5.29. The number of nitrogen functional groups attached to an aromatic ring is 1. The largest absolute Gasteiger partial charge is 0.384 e. The smallest absolute Gasteiger partial charge is 0.258 e. The van der Waals surface area contributed by atoms with Gasteiger partial charge in [-0.1, -0.05) is 30.4 Å². The molecule has 2 heterocycles. The summed E-state index contributed by atoms with van der Waals surface area (Å²) in [6.45, 7) is 0.484. The molecule has 30 heavy (non-hydrogen) atoms. The molecule has 2 aromatic rings. The lowest BCUT2D eigenvalue weighted by Gasteiger charge is -2.35. The summed E-state index contributed by atoms with van der Waals surface area (Å²) in [4.78, 5) is 18.5. The maximum atomic E-state index is 13.3. The SMILES string of the molecule is CN1CC(CC(F)F)C(NCc2ccnc(N)c2)=C(C(=S)Nc2ccccc2)C1=O. The van der Waals surface area contributed by atoms with E-state index in [0.29, 0.717) is 23.7 Å². The minimum atomic E-state index is -2.51. The third-order valence-electron chi connectivity index (χ3n) is 4.78. The molecule has 0 saturated carbocycles. The number of rotatable bonds is 7. The zero-order valence-corrected chi connectivity index (χ0v) is 17.3. The number of carbonyl (C=O) groups is 1. The third-order valence-corrected chi connectivity index (χ3v) is 5.09. The molecule has 1 unspecified atom stereocenters. The highest BCUT2D eigenvalue weighted by Crippen LogP contribution is 2.29. The van der Waals surface area contributed by atoms with Crippen LogP contribution in [-0.2, 0) is 11.3 Å². The number of halogens is 2. The van der Waals surface area contributed by atoms with Crippen molar-refractivity contribution in [1.82, 2.24) is 15.2 Å². The average molecular weight is 432 g/mol. The van der Waals surface area contributed by atoms with Crippen LogP contribution >= 0.6 is 12.2 Å². The molecule has 0 saturated heterocycles. The number of para-hydroxylation sites is 1. The molecule has 0 bridgehead atoms. The predicted octanol–water partition coefficient (Wildman–Crippen LogP) is 3.19. The second-order valence-corrected chi connectivity index (χ2v) is 7.47. The van der Waals surface area contributed by atoms with Gasteiger partial charge < -0.3 is 21.3 Å². The molecule has 1 aromatic heterocycles. The number of pyridine rings is 1. The van der Waals surface area contributed by atoms with Crippen LogP contribution in [0.5, 0.6) is 0 Å². The summed E-state index contributed by atoms with van der Waals surface area (Å²) in [6.07, 6.45) is -1.32. The van der Waals surface area contributed by atoms with Crippen LogP contribution in [0.25, 0.3) is 0 Å². The molecular formula is C21H23F2N5OS. The van der Waals surface area contributed by atoms with Gasteiger partial charge in [0, 0.05) is 50.1 Å². The Morgan fingerprint density at radius 1 is 1.33 bits per heavy atom. The van der Waals surface area contributed by atoms with Crippen molar-refractivity contribution in [2.45, 2.75) is 19.4 Å². The lowest BCUT2D eigenvalue weighted by molar-refractivity contribution is -0.127. The van der Waals surface area contributed by atoms with Gasteiger partial charge in [-0.15, -0.1) is 0 Å². The first kappa shape index (κ1) is 21.6. The monoisotopic (exact) mass is 431 g/mol. The van der Waals surface area contributed by atoms with Crippen molar-refractivity contribution in [3.05, 3.63) is 65.5 Å². The Kier molecular flexibility index (Phi) is 6.94. The van der Waals surface area contributed by atoms with E-state index in [1.54, 1.807) is 25.4 Å². The molecule has 1 aromatic carbocycles. The highest BCUT2D eigenvalue weighted by Gasteiger charge is 2.35. The van der Waals surface area contributed by atoms with Gasteiger partial charge in [-0.2, -0.15) is 0 Å². The Hall–Kier alpha value is -3.07. The first-order valence-corrected chi connectivity index (χ1v) is 9.84. The summed E-state index contributed by atoms with van der Waals surface area (Å²) in [5.74, 6) is -0.531. The van der Waals surface area contributed by atoms with E-state index in [1.807, 2.05) is 30.3 Å². The lowest BCUT2D eigenvalue weighted by Crippen LogP contribution is -2.45. The Balaban J connectivity index is 1.95. The molecule has 9 heteroatoms. The highest BCUT2D eigenvalue weighted by molar-refractivity contribution is 7.81. The van der Waals surface area contributed by atoms with Gasteiger partial charge >= 0.3 is 0 Å². The van der Waals surface area contributed by atoms with E-state index in [0.717, 1.165) is 5.56 Å². The Labute approximate surface area is 179 Å². The van der Waals surface area contributed by atoms with E-state index >= 15 is 0 Å². The van der Waals surface area contributed by atoms with Crippen molar-refractivity contribution in [3.63, 3.8) is 0 Å². The summed E-state index contributed by atoms with van der Waals surface area (Å²) in [7, 11) is 1.59. The van der Waals surface area contributed by atoms with Gasteiger partial charge in [0.1, 0.15) is 10.8 Å². The molecule has 4 N–H and O–H groups in total. The van der Waals surface area contributed by atoms with Crippen LogP contribution < -0.4 is 16.4 Å². The van der Waals surface area contributed by atoms with Crippen LogP contribution in [0, 0.1) is 5.92 Å². The fourth-order valence-corrected chi connectivity index (χ4v) is 3.71. The predicted molar refractivity (Wildman–Crippen MR) is 117 cm³/mol. The molecule has 0 spiro atoms. The van der Waals surface area contributed by atoms with Gasteiger partial charge in [0.15, 0.2) is 0 Å². The van der Waals surface area contributed by atoms with Crippen molar-refractivity contribution in [3.8, 4) is 0 Å². The summed E-state index contributed by atoms with van der Waals surface area (Å²) in [6, 6.07) is 12.6. The molecule has 0 fully saturated rings. The molecule has 0 aliphatic carbocycles. The van der Waals surface area contributed by atoms with Crippen molar-refractivity contribution in [2.75, 3.05) is 24.6 Å². The number of nitrogens with one attached hydrogen (secondary N) is 2. The number of aromatic nitrogens is 1. The van der Waals surface area contributed by atoms with Gasteiger partial charge in [-0.25, -0.2) is 13.8 Å². The lowest BCUT2D eigenvalue weighted by atomic mass is 9.91. The van der Waals surface area contributed by atoms with Gasteiger partial charge in [0.25, 0.3) is 5.91 Å². The van der Waals surface area contributed by atoms with Crippen LogP contribution in [0.1, 0.15) is 12.0 Å². The number of likely N-dealkylation sites (N-methyl/N-ethyl adjacent to an activating group) is 1. The van der Waals surface area contributed by atoms with Gasteiger partial charge in [0.2, 0.25) is 6.43 Å². The van der Waals surface area contributed by atoms with Crippen molar-refractivity contribution in [2.24, 2.45) is 5.92 Å². The van der Waals surface area contributed by atoms with Crippen LogP contribution in [0.4, 0.5) is 20.3 Å². The molecule has 1 aliphatic heterocycles. The standard InChI is InChI=1S/C21H23F2N5OS/c1-28-12-14(10-16(22)23)19(26-11-13-7-8-25-17(24)9-13)18(21(28)29)20(30)27-15-5-3-2-4-6-15/h2-9,14,16,26H,10-12H2,1H3,(H2,24,25)(H,27,30). The Bertz CT molecular complexity index is 951. The summed E-state index contributed by atoms with van der Waals surface area (Å²) in [5, 5.41) is 6.22. The van der Waals surface area contributed by atoms with E-state index in [4.69, 9.17) is 18.0 Å². The number of nitrogens with zero attached hydrogens (tertiary/aromatic N) is 2. The van der Waals surface area contributed by atoms with Crippen molar-refractivity contribution in [1.29, 1.82) is 0 Å². The number of carbonyl (C=O) groups excluding carboxylic acids is 1. The number of hydrogen-bond acceptors (Lipinski definition) is 5. The number of hydrogen-bond donors (Lipinski definition) is 3. The number of thiocarbonyl (C=S) groups is 1. The average Bonchev–Trinajstić information content (AvgIpc) is 2.69. The zero-order chi connectivity index (χ0) is 21.7. The first-order valence-electron chi connectivity index (χ1n) is 9.43. The quantitative estimate of drug-likeness (QED) is 0.584. The number of nitrogens with two attached hydrogens (primary N) is 1. The maximum Gasteiger partial charge on any atom is 0.258 e. The maximum absolute atomic E-state index is 13.3. The topological polar surface area (TPSA) is 83.3 Å². The van der Waals surface area contributed by atoms with Gasteiger partial charge in [-0.05, 0) is 29.8 Å². The fourth-order valence-electron chi connectivity index (χ4n) is 3.39. The molecule has 1 aliphatic rings. The molecular weight excluding hydrogens is 408 g/mol. The molecule has 1 amide bonds. The molecule has 1 atom stereocenters. The number of amides is 1. The Morgan fingerprint density at radius 2 is 2.07 bits per heavy atom. The minimum absolute atomic E-state index is 0.182. The van der Waals surface area contributed by atoms with E-state index in [1.165, 1.54) is 4.90 Å². The molecule has 0 radical (unpaired) electrons. The van der Waals surface area contributed by atoms with E-state index < -0.39 is 12.3 Å². The highest BCUT2D eigenvalue weighted by atomic mass is 32.1. The van der Waals surface area contributed by atoms with E-state index in [-0.39, 0.29) is 29.4 Å². The van der Waals surface area contributed by atoms with Crippen molar-refractivity contribution >= 4 is 34.6 Å². The fraction of sp³-hybridized carbons (Fsp3) is 0.286. The second kappa shape index (κ2) is 9.62. The second-order valence-electron chi connectivity index (χ2n) is 7.06. The number of alkyl halides is 2.